The summed E-state index contributed by atoms with van der Waals surface area (Å²) < 4.78 is 46.8. The van der Waals surface area contributed by atoms with Crippen molar-refractivity contribution in [3.05, 3.63) is 77.4 Å². The van der Waals surface area contributed by atoms with Crippen LogP contribution in [0.5, 0.6) is 11.5 Å². The Kier molecular flexibility index (Phi) is 4.80. The molecule has 0 saturated heterocycles. The van der Waals surface area contributed by atoms with E-state index in [1.165, 1.54) is 6.20 Å². The molecule has 1 unspecified atom stereocenters. The monoisotopic (exact) mass is 462 g/mol. The summed E-state index contributed by atoms with van der Waals surface area (Å²) in [5.41, 5.74) is 8.24. The molecule has 0 saturated carbocycles. The van der Waals surface area contributed by atoms with Crippen molar-refractivity contribution in [3.63, 3.8) is 0 Å². The second-order valence-electron chi connectivity index (χ2n) is 8.31. The Morgan fingerprint density at radius 3 is 2.74 bits per heavy atom. The normalized spacial score (nSPS) is 21.0. The highest BCUT2D eigenvalue weighted by Crippen LogP contribution is 2.53. The van der Waals surface area contributed by atoms with E-state index in [-0.39, 0.29) is 18.4 Å². The van der Waals surface area contributed by atoms with Crippen LogP contribution >= 0.6 is 0 Å². The molecule has 0 fully saturated rings. The molecule has 34 heavy (non-hydrogen) atoms. The number of amidine groups is 1. The van der Waals surface area contributed by atoms with Gasteiger partial charge >= 0.3 is 0 Å². The van der Waals surface area contributed by atoms with Crippen molar-refractivity contribution in [3.8, 4) is 22.6 Å². The van der Waals surface area contributed by atoms with Crippen molar-refractivity contribution >= 4 is 11.6 Å². The molecule has 2 aromatic heterocycles. The van der Waals surface area contributed by atoms with Gasteiger partial charge in [-0.25, -0.2) is 15.0 Å². The molecule has 3 aliphatic heterocycles. The summed E-state index contributed by atoms with van der Waals surface area (Å²) in [4.78, 5) is 12.6. The van der Waals surface area contributed by atoms with Gasteiger partial charge in [-0.2, -0.15) is 8.78 Å². The first-order valence-electron chi connectivity index (χ1n) is 10.9. The lowest BCUT2D eigenvalue weighted by molar-refractivity contribution is 0.164. The molecule has 3 aromatic rings. The van der Waals surface area contributed by atoms with Gasteiger partial charge in [-0.15, -0.1) is 0 Å². The molecule has 0 radical (unpaired) electrons. The number of fused-ring (bicyclic) bond motifs is 4. The van der Waals surface area contributed by atoms with Crippen molar-refractivity contribution in [1.82, 2.24) is 9.97 Å². The van der Waals surface area contributed by atoms with Crippen LogP contribution in [-0.4, -0.2) is 35.8 Å². The van der Waals surface area contributed by atoms with Gasteiger partial charge in [0, 0.05) is 29.3 Å². The molecule has 1 atom stereocenters. The minimum absolute atomic E-state index is 0.00710. The number of aliphatic imine (C=N–C) groups is 1. The smallest absolute Gasteiger partial charge is 0.283 e. The summed E-state index contributed by atoms with van der Waals surface area (Å²) in [5.74, 6) is -0.947. The van der Waals surface area contributed by atoms with E-state index in [1.807, 2.05) is 6.08 Å². The van der Waals surface area contributed by atoms with Crippen molar-refractivity contribution in [1.29, 1.82) is 0 Å². The lowest BCUT2D eigenvalue weighted by Crippen LogP contribution is -2.39. The zero-order valence-corrected chi connectivity index (χ0v) is 18.1. The number of pyridine rings is 2. The second-order valence-corrected chi connectivity index (χ2v) is 8.31. The predicted octanol–water partition coefficient (Wildman–Crippen LogP) is 4.31. The lowest BCUT2D eigenvalue weighted by Gasteiger charge is -2.39. The van der Waals surface area contributed by atoms with E-state index in [0.717, 1.165) is 12.0 Å². The van der Waals surface area contributed by atoms with Crippen molar-refractivity contribution in [2.24, 2.45) is 10.7 Å². The van der Waals surface area contributed by atoms with E-state index in [4.69, 9.17) is 19.9 Å². The second kappa shape index (κ2) is 7.88. The van der Waals surface area contributed by atoms with Gasteiger partial charge in [0.15, 0.2) is 5.75 Å². The molecule has 1 spiro atoms. The summed E-state index contributed by atoms with van der Waals surface area (Å²) >= 11 is 0. The third-order valence-corrected chi connectivity index (χ3v) is 6.34. The van der Waals surface area contributed by atoms with Crippen molar-refractivity contribution in [2.75, 3.05) is 19.8 Å². The average molecular weight is 462 g/mol. The molecule has 3 aliphatic rings. The highest BCUT2D eigenvalue weighted by Gasteiger charge is 2.46. The first-order chi connectivity index (χ1) is 16.5. The van der Waals surface area contributed by atoms with Crippen LogP contribution in [0.15, 0.2) is 53.7 Å². The van der Waals surface area contributed by atoms with E-state index >= 15 is 4.39 Å². The Labute approximate surface area is 193 Å². The van der Waals surface area contributed by atoms with Crippen LogP contribution in [-0.2, 0) is 15.0 Å². The highest BCUT2D eigenvalue weighted by atomic mass is 19.1. The molecule has 9 heteroatoms. The first kappa shape index (κ1) is 20.7. The summed E-state index contributed by atoms with van der Waals surface area (Å²) in [6.07, 6.45) is 4.49. The van der Waals surface area contributed by atoms with Gasteiger partial charge in [0.1, 0.15) is 11.3 Å². The fourth-order valence-corrected chi connectivity index (χ4v) is 4.74. The van der Waals surface area contributed by atoms with Crippen LogP contribution in [0.2, 0.25) is 0 Å². The number of hydrogen-bond donors (Lipinski definition) is 1. The van der Waals surface area contributed by atoms with E-state index in [2.05, 4.69) is 15.0 Å². The minimum atomic E-state index is -1.09. The molecular weight excluding hydrogens is 442 g/mol. The minimum Gasteiger partial charge on any atom is -0.465 e. The highest BCUT2D eigenvalue weighted by molar-refractivity contribution is 5.77. The van der Waals surface area contributed by atoms with Crippen LogP contribution < -0.4 is 10.5 Å². The van der Waals surface area contributed by atoms with E-state index < -0.39 is 17.4 Å². The number of ether oxygens (including phenoxy) is 3. The van der Waals surface area contributed by atoms with Crippen LogP contribution in [0.4, 0.5) is 8.78 Å². The van der Waals surface area contributed by atoms with E-state index in [9.17, 15) is 4.39 Å². The number of nitrogens with zero attached hydrogens (tertiary/aromatic N) is 3. The lowest BCUT2D eigenvalue weighted by atomic mass is 9.77. The zero-order valence-electron chi connectivity index (χ0n) is 18.1. The summed E-state index contributed by atoms with van der Waals surface area (Å²) in [7, 11) is 0. The fourth-order valence-electron chi connectivity index (χ4n) is 4.74. The molecule has 172 valence electrons. The third-order valence-electron chi connectivity index (χ3n) is 6.34. The first-order valence-corrected chi connectivity index (χ1v) is 10.9. The molecule has 0 aliphatic carbocycles. The quantitative estimate of drug-likeness (QED) is 0.571. The van der Waals surface area contributed by atoms with Crippen LogP contribution in [0.3, 0.4) is 0 Å². The molecule has 0 amide bonds. The third kappa shape index (κ3) is 3.23. The number of halogens is 2. The van der Waals surface area contributed by atoms with Gasteiger partial charge in [-0.1, -0.05) is 12.1 Å². The topological polar surface area (TPSA) is 91.9 Å². The van der Waals surface area contributed by atoms with Gasteiger partial charge in [0.2, 0.25) is 5.95 Å². The Balaban J connectivity index is 1.59. The number of nitrogens with two attached hydrogens (primary N) is 1. The molecule has 1 aromatic carbocycles. The van der Waals surface area contributed by atoms with E-state index in [1.54, 1.807) is 36.4 Å². The molecule has 0 bridgehead atoms. The Morgan fingerprint density at radius 1 is 1.03 bits per heavy atom. The Morgan fingerprint density at radius 2 is 1.94 bits per heavy atom. The number of hydrogen-bond acceptors (Lipinski definition) is 7. The molecule has 7 nitrogen and oxygen atoms in total. The largest absolute Gasteiger partial charge is 0.465 e. The summed E-state index contributed by atoms with van der Waals surface area (Å²) in [5, 5.41) is 0. The molecule has 2 N–H and O–H groups in total. The molecule has 6 rings (SSSR count). The maximum Gasteiger partial charge on any atom is 0.283 e. The van der Waals surface area contributed by atoms with Gasteiger partial charge < -0.3 is 19.9 Å². The predicted molar refractivity (Wildman–Crippen MR) is 120 cm³/mol. The standard InChI is InChI=1S/C25H20F2N4O3/c26-22-16(4-1-8-29-22)14-5-6-20-17(11-14)25(7-10-33-24(28)31-25)18-12-19(15-3-2-9-32-13-15)30-23(27)21(18)34-20/h1,3-6,8,11-12H,2,7,9-10,13H2,(H2,28,31). The summed E-state index contributed by atoms with van der Waals surface area (Å²) in [6.45, 7) is 1.22. The molecular formula is C25H20F2N4O3. The Hall–Kier alpha value is -3.85. The number of benzene rings is 1. The fraction of sp³-hybridized carbons (Fsp3) is 0.240. The van der Waals surface area contributed by atoms with E-state index in [0.29, 0.717) is 53.3 Å². The van der Waals surface area contributed by atoms with Crippen molar-refractivity contribution < 1.29 is 23.0 Å². The Bertz CT molecular complexity index is 1370. The van der Waals surface area contributed by atoms with Gasteiger partial charge in [-0.3, -0.25) is 0 Å². The summed E-state index contributed by atoms with van der Waals surface area (Å²) in [6, 6.07) is 10.2. The van der Waals surface area contributed by atoms with Gasteiger partial charge in [-0.05, 0) is 47.9 Å². The van der Waals surface area contributed by atoms with Crippen LogP contribution in [0.25, 0.3) is 16.7 Å². The molecule has 5 heterocycles. The van der Waals surface area contributed by atoms with Crippen molar-refractivity contribution in [2.45, 2.75) is 18.4 Å². The number of rotatable bonds is 2. The SMILES string of the molecule is NC1=NC2(CCO1)c1cc(-c3cccnc3F)ccc1Oc1c2cc(C2=CCCOC2)nc1F. The zero-order chi connectivity index (χ0) is 23.3. The maximum absolute atomic E-state index is 15.3. The maximum atomic E-state index is 15.3. The number of aromatic nitrogens is 2. The van der Waals surface area contributed by atoms with Gasteiger partial charge in [0.25, 0.3) is 12.0 Å². The average Bonchev–Trinajstić information content (AvgIpc) is 2.86. The van der Waals surface area contributed by atoms with Gasteiger partial charge in [0.05, 0.1) is 25.5 Å². The van der Waals surface area contributed by atoms with Crippen LogP contribution in [0, 0.1) is 11.9 Å². The van der Waals surface area contributed by atoms with Crippen LogP contribution in [0.1, 0.15) is 29.7 Å².